The van der Waals surface area contributed by atoms with Crippen LogP contribution in [0.4, 0.5) is 0 Å². The third-order valence-corrected chi connectivity index (χ3v) is 6.22. The molecule has 4 heteroatoms. The lowest BCUT2D eigenvalue weighted by molar-refractivity contribution is -0.162. The van der Waals surface area contributed by atoms with Gasteiger partial charge < -0.3 is 14.2 Å². The fraction of sp³-hybridized carbons (Fsp3) is 0.464. The number of aryl methyl sites for hydroxylation is 1. The molecule has 0 bridgehead atoms. The van der Waals surface area contributed by atoms with Crippen molar-refractivity contribution in [3.63, 3.8) is 0 Å². The molecule has 1 heterocycles. The Hall–Kier alpha value is -2.43. The van der Waals surface area contributed by atoms with Gasteiger partial charge in [0.05, 0.1) is 13.0 Å². The molecule has 0 spiro atoms. The molecule has 0 saturated carbocycles. The van der Waals surface area contributed by atoms with E-state index in [-0.39, 0.29) is 12.3 Å². The van der Waals surface area contributed by atoms with E-state index in [0.717, 1.165) is 62.9 Å². The fourth-order valence-electron chi connectivity index (χ4n) is 4.57. The largest absolute Gasteiger partial charge is 0.466 e. The molecule has 4 nitrogen and oxygen atoms in total. The Balaban J connectivity index is 1.40. The van der Waals surface area contributed by atoms with Crippen molar-refractivity contribution in [2.75, 3.05) is 19.8 Å². The molecule has 0 amide bonds. The van der Waals surface area contributed by atoms with Crippen LogP contribution in [0.25, 0.3) is 11.6 Å². The van der Waals surface area contributed by atoms with Crippen LogP contribution in [0.3, 0.4) is 0 Å². The van der Waals surface area contributed by atoms with E-state index in [0.29, 0.717) is 13.0 Å². The molecule has 4 rings (SSSR count). The Labute approximate surface area is 191 Å². The normalized spacial score (nSPS) is 17.7. The van der Waals surface area contributed by atoms with Crippen LogP contribution in [-0.2, 0) is 31.8 Å². The summed E-state index contributed by atoms with van der Waals surface area (Å²) >= 11 is 0. The predicted molar refractivity (Wildman–Crippen MR) is 127 cm³/mol. The Morgan fingerprint density at radius 1 is 1.09 bits per heavy atom. The second-order valence-electron chi connectivity index (χ2n) is 8.64. The van der Waals surface area contributed by atoms with E-state index in [2.05, 4.69) is 42.5 Å². The second kappa shape index (κ2) is 11.4. The highest BCUT2D eigenvalue weighted by Crippen LogP contribution is 2.33. The number of rotatable bonds is 9. The first-order valence-corrected chi connectivity index (χ1v) is 12.0. The van der Waals surface area contributed by atoms with Crippen LogP contribution in [0, 0.1) is 0 Å². The molecule has 1 aliphatic carbocycles. The molecule has 1 saturated heterocycles. The number of ether oxygens (including phenoxy) is 3. The summed E-state index contributed by atoms with van der Waals surface area (Å²) < 4.78 is 16.7. The first-order valence-electron chi connectivity index (χ1n) is 12.0. The summed E-state index contributed by atoms with van der Waals surface area (Å²) in [7, 11) is 0. The zero-order chi connectivity index (χ0) is 22.2. The fourth-order valence-corrected chi connectivity index (χ4v) is 4.57. The van der Waals surface area contributed by atoms with Gasteiger partial charge in [0.1, 0.15) is 0 Å². The van der Waals surface area contributed by atoms with Gasteiger partial charge >= 0.3 is 5.97 Å². The molecule has 1 aliphatic heterocycles. The topological polar surface area (TPSA) is 44.8 Å². The van der Waals surface area contributed by atoms with E-state index < -0.39 is 0 Å². The number of carbonyl (C=O) groups excluding carboxylic acids is 1. The maximum Gasteiger partial charge on any atom is 0.310 e. The van der Waals surface area contributed by atoms with Crippen molar-refractivity contribution >= 4 is 17.6 Å². The molecule has 2 aromatic carbocycles. The summed E-state index contributed by atoms with van der Waals surface area (Å²) in [4.78, 5) is 12.2. The van der Waals surface area contributed by atoms with E-state index >= 15 is 0 Å². The number of unbranched alkanes of at least 4 members (excludes halogenated alkanes) is 1. The van der Waals surface area contributed by atoms with E-state index in [1.807, 2.05) is 13.0 Å². The first kappa shape index (κ1) is 22.8. The average molecular weight is 435 g/mol. The minimum absolute atomic E-state index is 0.00639. The number of esters is 1. The highest BCUT2D eigenvalue weighted by atomic mass is 16.7. The van der Waals surface area contributed by atoms with Crippen LogP contribution in [0.2, 0.25) is 0 Å². The summed E-state index contributed by atoms with van der Waals surface area (Å²) in [6.07, 6.45) is 9.94. The van der Waals surface area contributed by atoms with Gasteiger partial charge in [-0.25, -0.2) is 0 Å². The van der Waals surface area contributed by atoms with E-state index in [1.165, 1.54) is 28.7 Å². The highest BCUT2D eigenvalue weighted by molar-refractivity contribution is 5.94. The Morgan fingerprint density at radius 3 is 2.84 bits per heavy atom. The van der Waals surface area contributed by atoms with Crippen LogP contribution in [0.15, 0.2) is 42.5 Å². The highest BCUT2D eigenvalue weighted by Gasteiger charge is 2.18. The molecule has 2 aliphatic rings. The summed E-state index contributed by atoms with van der Waals surface area (Å²) in [6, 6.07) is 15.2. The number of benzene rings is 2. The second-order valence-corrected chi connectivity index (χ2v) is 8.64. The maximum atomic E-state index is 12.2. The smallest absolute Gasteiger partial charge is 0.310 e. The van der Waals surface area contributed by atoms with E-state index in [9.17, 15) is 4.79 Å². The monoisotopic (exact) mass is 434 g/mol. The molecule has 170 valence electrons. The molecule has 32 heavy (non-hydrogen) atoms. The van der Waals surface area contributed by atoms with Crippen molar-refractivity contribution in [1.29, 1.82) is 0 Å². The van der Waals surface area contributed by atoms with E-state index in [4.69, 9.17) is 14.2 Å². The van der Waals surface area contributed by atoms with Crippen molar-refractivity contribution in [3.8, 4) is 0 Å². The SMILES string of the molecule is CCOC(=O)CC1=Cc2ccc(CCCCOC3CCCCO3)cc2Cc2ccccc21. The van der Waals surface area contributed by atoms with Crippen LogP contribution in [0.5, 0.6) is 0 Å². The number of carbonyl (C=O) groups is 1. The van der Waals surface area contributed by atoms with E-state index in [1.54, 1.807) is 0 Å². The lowest BCUT2D eigenvalue weighted by Crippen LogP contribution is -2.22. The molecule has 0 aromatic heterocycles. The van der Waals surface area contributed by atoms with Crippen molar-refractivity contribution in [2.24, 2.45) is 0 Å². The number of hydrogen-bond acceptors (Lipinski definition) is 4. The van der Waals surface area contributed by atoms with Gasteiger partial charge in [-0.05, 0) is 85.3 Å². The van der Waals surface area contributed by atoms with Crippen molar-refractivity contribution in [1.82, 2.24) is 0 Å². The van der Waals surface area contributed by atoms with Gasteiger partial charge in [0.2, 0.25) is 0 Å². The Morgan fingerprint density at radius 2 is 2.00 bits per heavy atom. The zero-order valence-electron chi connectivity index (χ0n) is 19.1. The summed E-state index contributed by atoms with van der Waals surface area (Å²) in [5.74, 6) is -0.172. The molecule has 1 fully saturated rings. The zero-order valence-corrected chi connectivity index (χ0v) is 19.1. The molecule has 1 unspecified atom stereocenters. The van der Waals surface area contributed by atoms with Gasteiger partial charge in [0.15, 0.2) is 6.29 Å². The quantitative estimate of drug-likeness (QED) is 0.361. The van der Waals surface area contributed by atoms with Crippen LogP contribution in [-0.4, -0.2) is 32.1 Å². The minimum Gasteiger partial charge on any atom is -0.466 e. The third kappa shape index (κ3) is 6.08. The predicted octanol–water partition coefficient (Wildman–Crippen LogP) is 5.95. The van der Waals surface area contributed by atoms with Gasteiger partial charge in [-0.2, -0.15) is 0 Å². The Kier molecular flexibility index (Phi) is 8.13. The van der Waals surface area contributed by atoms with Gasteiger partial charge in [0.25, 0.3) is 0 Å². The van der Waals surface area contributed by atoms with Crippen molar-refractivity contribution in [2.45, 2.75) is 64.6 Å². The molecule has 0 N–H and O–H groups in total. The van der Waals surface area contributed by atoms with Crippen molar-refractivity contribution in [3.05, 3.63) is 70.3 Å². The number of hydrogen-bond donors (Lipinski definition) is 0. The maximum absolute atomic E-state index is 12.2. The summed E-state index contributed by atoms with van der Waals surface area (Å²) in [6.45, 7) is 3.86. The standard InChI is InChI=1S/C28H34O4/c1-2-30-27(29)20-25-18-22-14-13-21(9-5-7-15-31-28-12-6-8-16-32-28)17-24(22)19-23-10-3-4-11-26(23)25/h3-4,10-11,13-14,17-18,28H,2,5-9,12,15-16,19-20H2,1H3. The number of fused-ring (bicyclic) bond motifs is 2. The van der Waals surface area contributed by atoms with Gasteiger partial charge in [-0.3, -0.25) is 4.79 Å². The Bertz CT molecular complexity index is 940. The molecule has 0 radical (unpaired) electrons. The molecular formula is C28H34O4. The molecule has 1 atom stereocenters. The first-order chi connectivity index (χ1) is 15.7. The average Bonchev–Trinajstić information content (AvgIpc) is 2.96. The van der Waals surface area contributed by atoms with Gasteiger partial charge in [-0.1, -0.05) is 48.5 Å². The van der Waals surface area contributed by atoms with Crippen LogP contribution in [0.1, 0.15) is 73.3 Å². The van der Waals surface area contributed by atoms with Gasteiger partial charge in [0, 0.05) is 13.2 Å². The summed E-state index contributed by atoms with van der Waals surface area (Å²) in [5, 5.41) is 0. The summed E-state index contributed by atoms with van der Waals surface area (Å²) in [5.41, 5.74) is 7.33. The third-order valence-electron chi connectivity index (χ3n) is 6.22. The van der Waals surface area contributed by atoms with Gasteiger partial charge in [-0.15, -0.1) is 0 Å². The van der Waals surface area contributed by atoms with Crippen molar-refractivity contribution < 1.29 is 19.0 Å². The molecule has 2 aromatic rings. The van der Waals surface area contributed by atoms with Crippen LogP contribution < -0.4 is 0 Å². The van der Waals surface area contributed by atoms with Crippen LogP contribution >= 0.6 is 0 Å². The lowest BCUT2D eigenvalue weighted by atomic mass is 9.95. The minimum atomic E-state index is -0.172. The molecular weight excluding hydrogens is 400 g/mol. The lowest BCUT2D eigenvalue weighted by Gasteiger charge is -2.22.